The number of Topliss-reactive ketones (excluding diaryl/α,β-unsaturated/α-hetero) is 1. The van der Waals surface area contributed by atoms with Gasteiger partial charge in [-0.2, -0.15) is 0 Å². The first-order valence-electron chi connectivity index (χ1n) is 4.69. The van der Waals surface area contributed by atoms with Crippen LogP contribution in [0.25, 0.3) is 0 Å². The number of halogens is 1. The monoisotopic (exact) mass is 275 g/mol. The van der Waals surface area contributed by atoms with Crippen molar-refractivity contribution >= 4 is 33.0 Å². The standard InChI is InChI=1S/C10H14BrNOS/c1-2-5-12-7-8(13)6-9-3-4-10(11)14-9/h3-4,12H,2,5-7H2,1H3. The van der Waals surface area contributed by atoms with E-state index in [9.17, 15) is 4.79 Å². The third kappa shape index (κ3) is 4.35. The van der Waals surface area contributed by atoms with Crippen LogP contribution in [-0.2, 0) is 11.2 Å². The number of rotatable bonds is 6. The molecule has 0 spiro atoms. The van der Waals surface area contributed by atoms with Crippen LogP contribution in [0.3, 0.4) is 0 Å². The highest BCUT2D eigenvalue weighted by molar-refractivity contribution is 9.11. The summed E-state index contributed by atoms with van der Waals surface area (Å²) in [7, 11) is 0. The molecule has 0 aliphatic rings. The van der Waals surface area contributed by atoms with Crippen molar-refractivity contribution in [2.45, 2.75) is 19.8 Å². The Labute approximate surface area is 96.8 Å². The zero-order chi connectivity index (χ0) is 10.4. The van der Waals surface area contributed by atoms with Gasteiger partial charge >= 0.3 is 0 Å². The number of thiophene rings is 1. The smallest absolute Gasteiger partial charge is 0.151 e. The zero-order valence-electron chi connectivity index (χ0n) is 8.18. The van der Waals surface area contributed by atoms with Crippen LogP contribution in [0, 0.1) is 0 Å². The minimum Gasteiger partial charge on any atom is -0.310 e. The van der Waals surface area contributed by atoms with Gasteiger partial charge in [0.05, 0.1) is 10.3 Å². The zero-order valence-corrected chi connectivity index (χ0v) is 10.6. The van der Waals surface area contributed by atoms with Gasteiger partial charge in [0.2, 0.25) is 0 Å². The van der Waals surface area contributed by atoms with E-state index in [1.54, 1.807) is 11.3 Å². The van der Waals surface area contributed by atoms with Crippen molar-refractivity contribution in [3.63, 3.8) is 0 Å². The summed E-state index contributed by atoms with van der Waals surface area (Å²) in [6.45, 7) is 3.50. The first-order valence-corrected chi connectivity index (χ1v) is 6.30. The lowest BCUT2D eigenvalue weighted by molar-refractivity contribution is -0.117. The van der Waals surface area contributed by atoms with Crippen molar-refractivity contribution < 1.29 is 4.79 Å². The second-order valence-corrected chi connectivity index (χ2v) is 5.65. The van der Waals surface area contributed by atoms with Crippen LogP contribution in [0.4, 0.5) is 0 Å². The van der Waals surface area contributed by atoms with Crippen molar-refractivity contribution in [1.82, 2.24) is 5.32 Å². The van der Waals surface area contributed by atoms with Gasteiger partial charge in [0.15, 0.2) is 5.78 Å². The Kier molecular flexibility index (Phi) is 5.37. The van der Waals surface area contributed by atoms with Crippen LogP contribution in [0.1, 0.15) is 18.2 Å². The molecule has 1 aromatic rings. The van der Waals surface area contributed by atoms with E-state index in [0.29, 0.717) is 13.0 Å². The van der Waals surface area contributed by atoms with Crippen molar-refractivity contribution in [3.05, 3.63) is 20.8 Å². The van der Waals surface area contributed by atoms with Crippen LogP contribution in [0.2, 0.25) is 0 Å². The predicted octanol–water partition coefficient (Wildman–Crippen LogP) is 2.62. The Morgan fingerprint density at radius 3 is 2.93 bits per heavy atom. The normalized spacial score (nSPS) is 10.4. The SMILES string of the molecule is CCCNCC(=O)Cc1ccc(Br)s1. The van der Waals surface area contributed by atoms with E-state index < -0.39 is 0 Å². The summed E-state index contributed by atoms with van der Waals surface area (Å²) in [6.07, 6.45) is 1.62. The summed E-state index contributed by atoms with van der Waals surface area (Å²) < 4.78 is 1.09. The highest BCUT2D eigenvalue weighted by atomic mass is 79.9. The van der Waals surface area contributed by atoms with E-state index in [0.717, 1.165) is 21.6 Å². The lowest BCUT2D eigenvalue weighted by Gasteiger charge is -2.00. The summed E-state index contributed by atoms with van der Waals surface area (Å²) in [5, 5.41) is 3.11. The Hall–Kier alpha value is -0.190. The van der Waals surface area contributed by atoms with E-state index >= 15 is 0 Å². The van der Waals surface area contributed by atoms with E-state index in [4.69, 9.17) is 0 Å². The molecule has 0 aromatic carbocycles. The largest absolute Gasteiger partial charge is 0.310 e. The summed E-state index contributed by atoms with van der Waals surface area (Å²) in [5.41, 5.74) is 0. The molecular formula is C10H14BrNOS. The first kappa shape index (κ1) is 11.9. The fraction of sp³-hybridized carbons (Fsp3) is 0.500. The predicted molar refractivity (Wildman–Crippen MR) is 63.9 cm³/mol. The molecule has 0 aliphatic carbocycles. The molecule has 0 fully saturated rings. The Balaban J connectivity index is 2.27. The second-order valence-electron chi connectivity index (χ2n) is 3.10. The van der Waals surface area contributed by atoms with Gasteiger partial charge in [-0.1, -0.05) is 6.92 Å². The number of carbonyl (C=O) groups excluding carboxylic acids is 1. The summed E-state index contributed by atoms with van der Waals surface area (Å²) in [5.74, 6) is 0.257. The lowest BCUT2D eigenvalue weighted by atomic mass is 10.2. The molecule has 0 saturated carbocycles. The van der Waals surface area contributed by atoms with Crippen molar-refractivity contribution in [2.24, 2.45) is 0 Å². The van der Waals surface area contributed by atoms with Gasteiger partial charge in [-0.3, -0.25) is 4.79 Å². The van der Waals surface area contributed by atoms with Gasteiger partial charge < -0.3 is 5.32 Å². The quantitative estimate of drug-likeness (QED) is 0.809. The number of hydrogen-bond donors (Lipinski definition) is 1. The first-order chi connectivity index (χ1) is 6.72. The summed E-state index contributed by atoms with van der Waals surface area (Å²) in [4.78, 5) is 12.6. The fourth-order valence-corrected chi connectivity index (χ4v) is 2.62. The summed E-state index contributed by atoms with van der Waals surface area (Å²) >= 11 is 5.00. The van der Waals surface area contributed by atoms with E-state index in [1.165, 1.54) is 0 Å². The van der Waals surface area contributed by atoms with Crippen molar-refractivity contribution in [2.75, 3.05) is 13.1 Å². The van der Waals surface area contributed by atoms with Crippen LogP contribution in [-0.4, -0.2) is 18.9 Å². The number of nitrogens with one attached hydrogen (secondary N) is 1. The average molecular weight is 276 g/mol. The van der Waals surface area contributed by atoms with Crippen LogP contribution in [0.5, 0.6) is 0 Å². The molecule has 0 aliphatic heterocycles. The molecule has 0 radical (unpaired) electrons. The van der Waals surface area contributed by atoms with Gasteiger partial charge in [0, 0.05) is 11.3 Å². The third-order valence-corrected chi connectivity index (χ3v) is 3.37. The molecule has 1 rings (SSSR count). The molecular weight excluding hydrogens is 262 g/mol. The van der Waals surface area contributed by atoms with E-state index in [2.05, 4.69) is 28.2 Å². The maximum absolute atomic E-state index is 11.4. The Morgan fingerprint density at radius 2 is 2.36 bits per heavy atom. The fourth-order valence-electron chi connectivity index (χ4n) is 1.11. The maximum Gasteiger partial charge on any atom is 0.151 e. The van der Waals surface area contributed by atoms with Crippen LogP contribution in [0.15, 0.2) is 15.9 Å². The number of carbonyl (C=O) groups is 1. The van der Waals surface area contributed by atoms with E-state index in [-0.39, 0.29) is 5.78 Å². The second kappa shape index (κ2) is 6.32. The molecule has 14 heavy (non-hydrogen) atoms. The average Bonchev–Trinajstić information content (AvgIpc) is 2.52. The molecule has 0 saturated heterocycles. The minimum atomic E-state index is 0.257. The highest BCUT2D eigenvalue weighted by Gasteiger charge is 2.04. The Bertz CT molecular complexity index is 298. The number of hydrogen-bond acceptors (Lipinski definition) is 3. The van der Waals surface area contributed by atoms with Crippen molar-refractivity contribution in [1.29, 1.82) is 0 Å². The molecule has 1 N–H and O–H groups in total. The summed E-state index contributed by atoms with van der Waals surface area (Å²) in [6, 6.07) is 3.97. The molecule has 78 valence electrons. The van der Waals surface area contributed by atoms with Crippen molar-refractivity contribution in [3.8, 4) is 0 Å². The molecule has 0 unspecified atom stereocenters. The van der Waals surface area contributed by atoms with Gasteiger partial charge in [0.25, 0.3) is 0 Å². The third-order valence-electron chi connectivity index (χ3n) is 1.75. The van der Waals surface area contributed by atoms with Gasteiger partial charge in [-0.15, -0.1) is 11.3 Å². The molecule has 0 atom stereocenters. The van der Waals surface area contributed by atoms with Gasteiger partial charge in [-0.05, 0) is 41.0 Å². The molecule has 0 bridgehead atoms. The maximum atomic E-state index is 11.4. The van der Waals surface area contributed by atoms with Crippen LogP contribution < -0.4 is 5.32 Å². The van der Waals surface area contributed by atoms with Crippen LogP contribution >= 0.6 is 27.3 Å². The molecule has 1 aromatic heterocycles. The lowest BCUT2D eigenvalue weighted by Crippen LogP contribution is -2.24. The number of ketones is 1. The Morgan fingerprint density at radius 1 is 1.57 bits per heavy atom. The van der Waals surface area contributed by atoms with E-state index in [1.807, 2.05) is 12.1 Å². The highest BCUT2D eigenvalue weighted by Crippen LogP contribution is 2.22. The van der Waals surface area contributed by atoms with Gasteiger partial charge in [0.1, 0.15) is 0 Å². The molecule has 2 nitrogen and oxygen atoms in total. The minimum absolute atomic E-state index is 0.257. The molecule has 1 heterocycles. The topological polar surface area (TPSA) is 29.1 Å². The van der Waals surface area contributed by atoms with Gasteiger partial charge in [-0.25, -0.2) is 0 Å². The molecule has 0 amide bonds. The molecule has 4 heteroatoms.